The number of carbonyl (C=O) groups is 3. The third-order valence-electron chi connectivity index (χ3n) is 14.0. The number of carbonyl (C=O) groups excluding carboxylic acids is 3. The first-order valence-corrected chi connectivity index (χ1v) is 32.9. The molecule has 1 atom stereocenters. The first kappa shape index (κ1) is 74.1. The van der Waals surface area contributed by atoms with Gasteiger partial charge < -0.3 is 14.2 Å². The molecule has 446 valence electrons. The number of rotatable bonds is 59. The maximum absolute atomic E-state index is 12.9. The summed E-state index contributed by atoms with van der Waals surface area (Å²) >= 11 is 0. The van der Waals surface area contributed by atoms with Crippen molar-refractivity contribution in [1.82, 2.24) is 0 Å². The molecule has 6 nitrogen and oxygen atoms in total. The van der Waals surface area contributed by atoms with Gasteiger partial charge in [0.15, 0.2) is 6.10 Å². The van der Waals surface area contributed by atoms with Gasteiger partial charge in [0.1, 0.15) is 13.2 Å². The predicted molar refractivity (Wildman–Crippen MR) is 339 cm³/mol. The maximum Gasteiger partial charge on any atom is 0.306 e. The summed E-state index contributed by atoms with van der Waals surface area (Å²) in [4.78, 5) is 38.4. The molecular formula is C72H122O6. The Bertz CT molecular complexity index is 1570. The third kappa shape index (κ3) is 62.9. The molecule has 0 aliphatic heterocycles. The fourth-order valence-corrected chi connectivity index (χ4v) is 9.10. The smallest absolute Gasteiger partial charge is 0.306 e. The standard InChI is InChI=1S/C72H122O6/c1-4-7-10-13-16-19-22-25-28-30-32-33-34-35-36-37-38-39-40-42-44-47-50-53-56-59-62-65-71(74)77-68-69(67-76-70(73)64-61-58-55-52-49-46-43-27-24-21-18-15-12-9-6-3)78-72(75)66-63-60-57-54-51-48-45-41-31-29-26-23-20-17-14-11-8-5-2/h7,10,16,19-20,23,25,28-29,31-33,35-36,38-39,42,44,69H,4-6,8-9,11-15,17-18,21-22,24,26-27,30,34,37,40-41,43,45-68H2,1-3H3/b10-7-,19-16-,23-20-,28-25-,31-29-,33-32-,36-35-,39-38-,44-42-. The van der Waals surface area contributed by atoms with E-state index in [9.17, 15) is 14.4 Å². The Morgan fingerprint density at radius 2 is 0.500 bits per heavy atom. The number of allylic oxidation sites excluding steroid dienone is 18. The summed E-state index contributed by atoms with van der Waals surface area (Å²) in [5, 5.41) is 0. The van der Waals surface area contributed by atoms with Crippen LogP contribution in [0.4, 0.5) is 0 Å². The Labute approximate surface area is 482 Å². The van der Waals surface area contributed by atoms with E-state index >= 15 is 0 Å². The van der Waals surface area contributed by atoms with E-state index in [1.54, 1.807) is 0 Å². The molecule has 0 rings (SSSR count). The second kappa shape index (κ2) is 65.6. The van der Waals surface area contributed by atoms with Crippen LogP contribution in [0.25, 0.3) is 0 Å². The molecule has 0 aliphatic rings. The highest BCUT2D eigenvalue weighted by molar-refractivity contribution is 5.71. The molecule has 0 fully saturated rings. The molecule has 0 spiro atoms. The lowest BCUT2D eigenvalue weighted by molar-refractivity contribution is -0.167. The zero-order valence-corrected chi connectivity index (χ0v) is 51.2. The highest BCUT2D eigenvalue weighted by Gasteiger charge is 2.19. The number of hydrogen-bond donors (Lipinski definition) is 0. The van der Waals surface area contributed by atoms with Gasteiger partial charge in [-0.2, -0.15) is 0 Å². The molecule has 0 saturated carbocycles. The van der Waals surface area contributed by atoms with E-state index in [-0.39, 0.29) is 31.1 Å². The quantitative estimate of drug-likeness (QED) is 0.0261. The number of ether oxygens (including phenoxy) is 3. The fraction of sp³-hybridized carbons (Fsp3) is 0.708. The molecule has 78 heavy (non-hydrogen) atoms. The lowest BCUT2D eigenvalue weighted by Crippen LogP contribution is -2.30. The molecule has 0 radical (unpaired) electrons. The van der Waals surface area contributed by atoms with E-state index in [4.69, 9.17) is 14.2 Å². The fourth-order valence-electron chi connectivity index (χ4n) is 9.10. The van der Waals surface area contributed by atoms with Gasteiger partial charge in [-0.1, -0.05) is 291 Å². The number of hydrogen-bond acceptors (Lipinski definition) is 6. The summed E-state index contributed by atoms with van der Waals surface area (Å²) in [5.41, 5.74) is 0. The van der Waals surface area contributed by atoms with Gasteiger partial charge in [-0.3, -0.25) is 14.4 Å². The second-order valence-corrected chi connectivity index (χ2v) is 21.6. The van der Waals surface area contributed by atoms with Gasteiger partial charge in [0.2, 0.25) is 0 Å². The normalized spacial score (nSPS) is 12.8. The summed E-state index contributed by atoms with van der Waals surface area (Å²) < 4.78 is 16.9. The van der Waals surface area contributed by atoms with Crippen molar-refractivity contribution in [1.29, 1.82) is 0 Å². The van der Waals surface area contributed by atoms with Gasteiger partial charge in [0.05, 0.1) is 0 Å². The highest BCUT2D eigenvalue weighted by Crippen LogP contribution is 2.16. The van der Waals surface area contributed by atoms with Crippen molar-refractivity contribution in [2.75, 3.05) is 13.2 Å². The summed E-state index contributed by atoms with van der Waals surface area (Å²) in [6.45, 7) is 6.52. The van der Waals surface area contributed by atoms with Crippen molar-refractivity contribution in [2.24, 2.45) is 0 Å². The van der Waals surface area contributed by atoms with Crippen LogP contribution in [0.1, 0.15) is 310 Å². The van der Waals surface area contributed by atoms with E-state index in [0.717, 1.165) is 135 Å². The minimum atomic E-state index is -0.792. The molecule has 0 saturated heterocycles. The van der Waals surface area contributed by atoms with Crippen molar-refractivity contribution in [3.05, 3.63) is 109 Å². The Balaban J connectivity index is 4.40. The summed E-state index contributed by atoms with van der Waals surface area (Å²) in [7, 11) is 0. The first-order valence-electron chi connectivity index (χ1n) is 32.9. The zero-order valence-electron chi connectivity index (χ0n) is 51.2. The molecule has 0 aromatic carbocycles. The molecule has 0 bridgehead atoms. The maximum atomic E-state index is 12.9. The van der Waals surface area contributed by atoms with Crippen LogP contribution in [-0.2, 0) is 28.6 Å². The molecule has 0 N–H and O–H groups in total. The second-order valence-electron chi connectivity index (χ2n) is 21.6. The summed E-state index contributed by atoms with van der Waals surface area (Å²) in [6.07, 6.45) is 89.4. The minimum Gasteiger partial charge on any atom is -0.462 e. The average molecular weight is 1080 g/mol. The highest BCUT2D eigenvalue weighted by atomic mass is 16.6. The molecule has 0 aromatic heterocycles. The van der Waals surface area contributed by atoms with Gasteiger partial charge in [0.25, 0.3) is 0 Å². The molecule has 0 heterocycles. The van der Waals surface area contributed by atoms with E-state index in [0.29, 0.717) is 19.3 Å². The number of esters is 3. The predicted octanol–water partition coefficient (Wildman–Crippen LogP) is 22.6. The van der Waals surface area contributed by atoms with Crippen LogP contribution >= 0.6 is 0 Å². The van der Waals surface area contributed by atoms with Crippen LogP contribution in [0, 0.1) is 0 Å². The Hall–Kier alpha value is -3.93. The van der Waals surface area contributed by atoms with Crippen molar-refractivity contribution in [3.63, 3.8) is 0 Å². The average Bonchev–Trinajstić information content (AvgIpc) is 3.44. The van der Waals surface area contributed by atoms with Gasteiger partial charge in [0, 0.05) is 19.3 Å². The SMILES string of the molecule is CC/C=C\C/C=C\C/C=C\C/C=C\C/C=C\C/C=C\C/C=C\CCCCCCCC(=O)OCC(COC(=O)CCCCCCCCCCCCCCCCC)OC(=O)CCCCCCCCC/C=C\C/C=C\CCCCCC. The topological polar surface area (TPSA) is 78.9 Å². The van der Waals surface area contributed by atoms with Gasteiger partial charge in [-0.05, 0) is 109 Å². The van der Waals surface area contributed by atoms with E-state index < -0.39 is 6.10 Å². The molecule has 1 unspecified atom stereocenters. The molecule has 0 amide bonds. The van der Waals surface area contributed by atoms with Crippen LogP contribution in [-0.4, -0.2) is 37.2 Å². The lowest BCUT2D eigenvalue weighted by Gasteiger charge is -2.18. The summed E-state index contributed by atoms with van der Waals surface area (Å²) in [5.74, 6) is -0.903. The first-order chi connectivity index (χ1) is 38.5. The summed E-state index contributed by atoms with van der Waals surface area (Å²) in [6, 6.07) is 0. The zero-order chi connectivity index (χ0) is 56.4. The van der Waals surface area contributed by atoms with Gasteiger partial charge in [-0.15, -0.1) is 0 Å². The van der Waals surface area contributed by atoms with E-state index in [1.165, 1.54) is 135 Å². The van der Waals surface area contributed by atoms with Crippen molar-refractivity contribution in [2.45, 2.75) is 316 Å². The van der Waals surface area contributed by atoms with Crippen LogP contribution in [0.3, 0.4) is 0 Å². The Morgan fingerprint density at radius 3 is 0.795 bits per heavy atom. The van der Waals surface area contributed by atoms with E-state index in [1.807, 2.05) is 0 Å². The van der Waals surface area contributed by atoms with Crippen molar-refractivity contribution < 1.29 is 28.6 Å². The largest absolute Gasteiger partial charge is 0.462 e. The van der Waals surface area contributed by atoms with Crippen LogP contribution in [0.5, 0.6) is 0 Å². The molecule has 6 heteroatoms. The number of unbranched alkanes of at least 4 members (excludes halogenated alkanes) is 30. The Morgan fingerprint density at radius 1 is 0.269 bits per heavy atom. The lowest BCUT2D eigenvalue weighted by atomic mass is 10.0. The van der Waals surface area contributed by atoms with Gasteiger partial charge in [-0.25, -0.2) is 0 Å². The van der Waals surface area contributed by atoms with Crippen LogP contribution < -0.4 is 0 Å². The molecular weight excluding hydrogens is 961 g/mol. The molecule has 0 aromatic rings. The van der Waals surface area contributed by atoms with Crippen molar-refractivity contribution >= 4 is 17.9 Å². The molecule has 0 aliphatic carbocycles. The van der Waals surface area contributed by atoms with E-state index in [2.05, 4.69) is 130 Å². The van der Waals surface area contributed by atoms with Crippen LogP contribution in [0.2, 0.25) is 0 Å². The minimum absolute atomic E-state index is 0.0859. The Kier molecular flexibility index (Phi) is 62.3. The third-order valence-corrected chi connectivity index (χ3v) is 14.0. The monoisotopic (exact) mass is 1080 g/mol. The van der Waals surface area contributed by atoms with Crippen molar-refractivity contribution in [3.8, 4) is 0 Å². The van der Waals surface area contributed by atoms with Gasteiger partial charge >= 0.3 is 17.9 Å². The van der Waals surface area contributed by atoms with Crippen LogP contribution in [0.15, 0.2) is 109 Å².